The van der Waals surface area contributed by atoms with Gasteiger partial charge >= 0.3 is 11.9 Å². The number of nitrogens with one attached hydrogen (secondary N) is 1. The van der Waals surface area contributed by atoms with Crippen LogP contribution < -0.4 is 11.1 Å². The van der Waals surface area contributed by atoms with E-state index in [1.165, 1.54) is 18.2 Å². The van der Waals surface area contributed by atoms with Gasteiger partial charge in [-0.1, -0.05) is 35.6 Å². The van der Waals surface area contributed by atoms with Crippen molar-refractivity contribution in [2.45, 2.75) is 46.1 Å². The molecule has 11 nitrogen and oxygen atoms in total. The molecule has 47 heavy (non-hydrogen) atoms. The number of aromatic nitrogens is 3. The van der Waals surface area contributed by atoms with E-state index in [1.54, 1.807) is 11.3 Å². The highest BCUT2D eigenvalue weighted by Gasteiger charge is 2.32. The number of aliphatic imine (C=N–C) groups is 1. The van der Waals surface area contributed by atoms with Crippen molar-refractivity contribution in [3.63, 3.8) is 0 Å². The molecule has 244 valence electrons. The van der Waals surface area contributed by atoms with Gasteiger partial charge in [0.2, 0.25) is 5.91 Å². The first-order valence-electron chi connectivity index (χ1n) is 14.5. The first-order chi connectivity index (χ1) is 22.1. The summed E-state index contributed by atoms with van der Waals surface area (Å²) in [6.07, 6.45) is 0.281. The number of halogens is 2. The van der Waals surface area contributed by atoms with Crippen molar-refractivity contribution in [1.82, 2.24) is 14.8 Å². The number of carbonyl (C=O) groups excluding carboxylic acids is 2. The maximum Gasteiger partial charge on any atom is 0.336 e. The molecule has 4 N–H and O–H groups in total. The Labute approximate surface area is 286 Å². The molecule has 1 atom stereocenters. The maximum atomic E-state index is 13.1. The fourth-order valence-electron chi connectivity index (χ4n) is 5.05. The van der Waals surface area contributed by atoms with Gasteiger partial charge < -0.3 is 20.9 Å². The Morgan fingerprint density at radius 1 is 1.13 bits per heavy atom. The number of benzene rings is 2. The molecule has 3 heterocycles. The lowest BCUT2D eigenvalue weighted by atomic mass is 9.99. The van der Waals surface area contributed by atoms with Crippen molar-refractivity contribution in [3.05, 3.63) is 91.8 Å². The molecule has 0 fully saturated rings. The minimum atomic E-state index is -1.13. The number of anilines is 1. The fourth-order valence-corrected chi connectivity index (χ4v) is 6.39. The molecule has 0 saturated heterocycles. The van der Waals surface area contributed by atoms with E-state index in [2.05, 4.69) is 41.2 Å². The van der Waals surface area contributed by atoms with Gasteiger partial charge in [0.15, 0.2) is 5.82 Å². The number of esters is 1. The van der Waals surface area contributed by atoms with Gasteiger partial charge in [0.05, 0.1) is 30.8 Å². The molecule has 0 unspecified atom stereocenters. The summed E-state index contributed by atoms with van der Waals surface area (Å²) in [4.78, 5) is 43.3. The number of carboxylic acid groups (broad SMARTS) is 1. The smallest absolute Gasteiger partial charge is 0.336 e. The standard InChI is InChI=1S/C33H31ClN6O5S.ClH/c1-18-19(2)46-32-29(18)30(21-8-10-23(34)11-9-21)37-26(31-39-38-20(3)40(31)32)17-28(42)45-15-5-7-27(41)36-24-12-13-25(33(43)44)22(16-24)6-4-14-35;/h8-13,16,26H,5,7,14-15,17,35H2,1-3H3,(H,36,41)(H,43,44);1H/t26-;/m0./s1. The molecule has 0 aliphatic carbocycles. The largest absolute Gasteiger partial charge is 0.478 e. The van der Waals surface area contributed by atoms with Crippen LogP contribution in [-0.2, 0) is 14.3 Å². The number of nitrogens with two attached hydrogens (primary N) is 1. The van der Waals surface area contributed by atoms with Gasteiger partial charge in [-0.3, -0.25) is 19.1 Å². The van der Waals surface area contributed by atoms with Crippen LogP contribution in [0.2, 0.25) is 5.02 Å². The second kappa shape index (κ2) is 15.4. The van der Waals surface area contributed by atoms with Crippen molar-refractivity contribution < 1.29 is 24.2 Å². The predicted molar refractivity (Wildman–Crippen MR) is 183 cm³/mol. The Morgan fingerprint density at radius 2 is 1.87 bits per heavy atom. The molecule has 1 aliphatic heterocycles. The molecule has 1 aliphatic rings. The van der Waals surface area contributed by atoms with E-state index < -0.39 is 18.0 Å². The zero-order valence-electron chi connectivity index (χ0n) is 25.8. The van der Waals surface area contributed by atoms with Gasteiger partial charge in [0.25, 0.3) is 0 Å². The van der Waals surface area contributed by atoms with Crippen molar-refractivity contribution in [1.29, 1.82) is 0 Å². The number of ether oxygens (including phenoxy) is 1. The molecule has 0 spiro atoms. The van der Waals surface area contributed by atoms with Crippen LogP contribution in [0.5, 0.6) is 0 Å². The number of hydrogen-bond acceptors (Lipinski definition) is 9. The number of carbonyl (C=O) groups is 3. The number of fused-ring (bicyclic) bond motifs is 3. The lowest BCUT2D eigenvalue weighted by Gasteiger charge is -2.13. The Kier molecular flexibility index (Phi) is 11.5. The fraction of sp³-hybridized carbons (Fsp3) is 0.273. The van der Waals surface area contributed by atoms with Crippen LogP contribution in [0.1, 0.15) is 74.4 Å². The topological polar surface area (TPSA) is 162 Å². The SMILES string of the molecule is Cc1sc2c(c1C)C(c1ccc(Cl)cc1)=N[C@@H](CC(=O)OCCCC(=O)Nc1ccc(C(=O)O)c(C#CCN)c1)c1nnc(C)n1-2.Cl. The Balaban J connectivity index is 0.00000500. The normalized spacial score (nSPS) is 13.1. The highest BCUT2D eigenvalue weighted by molar-refractivity contribution is 7.15. The summed E-state index contributed by atoms with van der Waals surface area (Å²) >= 11 is 7.80. The molecular weight excluding hydrogens is 663 g/mol. The Hall–Kier alpha value is -4.54. The van der Waals surface area contributed by atoms with Crippen molar-refractivity contribution in [3.8, 4) is 16.8 Å². The Morgan fingerprint density at radius 3 is 2.57 bits per heavy atom. The molecule has 2 aromatic carbocycles. The maximum absolute atomic E-state index is 13.1. The van der Waals surface area contributed by atoms with Gasteiger partial charge in [0.1, 0.15) is 16.9 Å². The molecule has 5 rings (SSSR count). The molecule has 0 radical (unpaired) electrons. The minimum Gasteiger partial charge on any atom is -0.478 e. The number of rotatable bonds is 9. The van der Waals surface area contributed by atoms with Crippen LogP contribution in [0, 0.1) is 32.6 Å². The van der Waals surface area contributed by atoms with Crippen LogP contribution in [0.4, 0.5) is 5.69 Å². The second-order valence-electron chi connectivity index (χ2n) is 10.6. The number of thiophene rings is 1. The third-order valence-electron chi connectivity index (χ3n) is 7.39. The predicted octanol–water partition coefficient (Wildman–Crippen LogP) is 5.58. The van der Waals surface area contributed by atoms with Crippen LogP contribution >= 0.6 is 35.3 Å². The first-order valence-corrected chi connectivity index (χ1v) is 15.6. The quantitative estimate of drug-likeness (QED) is 0.116. The average Bonchev–Trinajstić information content (AvgIpc) is 3.50. The lowest BCUT2D eigenvalue weighted by Crippen LogP contribution is -2.16. The summed E-state index contributed by atoms with van der Waals surface area (Å²) in [6, 6.07) is 11.1. The molecule has 0 bridgehead atoms. The van der Waals surface area contributed by atoms with Crippen LogP contribution in [0.15, 0.2) is 47.5 Å². The molecule has 4 aromatic rings. The summed E-state index contributed by atoms with van der Waals surface area (Å²) in [7, 11) is 0. The van der Waals surface area contributed by atoms with E-state index >= 15 is 0 Å². The van der Waals surface area contributed by atoms with Gasteiger partial charge in [0, 0.05) is 38.7 Å². The van der Waals surface area contributed by atoms with E-state index in [4.69, 9.17) is 27.1 Å². The summed E-state index contributed by atoms with van der Waals surface area (Å²) in [5.74, 6) is 4.63. The zero-order chi connectivity index (χ0) is 33.0. The molecular formula is C33H32Cl2N6O5S. The molecule has 14 heteroatoms. The summed E-state index contributed by atoms with van der Waals surface area (Å²) in [5.41, 5.74) is 9.72. The van der Waals surface area contributed by atoms with Crippen LogP contribution in [0.3, 0.4) is 0 Å². The third kappa shape index (κ3) is 7.89. The van der Waals surface area contributed by atoms with Gasteiger partial charge in [-0.05, 0) is 63.1 Å². The average molecular weight is 696 g/mol. The number of aryl methyl sites for hydroxylation is 2. The van der Waals surface area contributed by atoms with Crippen LogP contribution in [-0.4, -0.2) is 56.6 Å². The summed E-state index contributed by atoms with van der Waals surface area (Å²) < 4.78 is 7.48. The number of hydrogen-bond donors (Lipinski definition) is 3. The molecule has 1 amide bonds. The third-order valence-corrected chi connectivity index (χ3v) is 8.83. The monoisotopic (exact) mass is 694 g/mol. The van der Waals surface area contributed by atoms with E-state index in [1.807, 2.05) is 35.8 Å². The van der Waals surface area contributed by atoms with Crippen molar-refractivity contribution >= 4 is 64.6 Å². The number of aromatic carboxylic acids is 1. The number of nitrogens with zero attached hydrogens (tertiary/aromatic N) is 4. The minimum absolute atomic E-state index is 0. The summed E-state index contributed by atoms with van der Waals surface area (Å²) in [6.45, 7) is 6.08. The number of amides is 1. The van der Waals surface area contributed by atoms with Gasteiger partial charge in [-0.25, -0.2) is 4.79 Å². The van der Waals surface area contributed by atoms with E-state index in [0.717, 1.165) is 32.3 Å². The lowest BCUT2D eigenvalue weighted by molar-refractivity contribution is -0.144. The number of carboxylic acids is 1. The van der Waals surface area contributed by atoms with Gasteiger partial charge in [-0.2, -0.15) is 0 Å². The van der Waals surface area contributed by atoms with E-state index in [-0.39, 0.29) is 61.9 Å². The van der Waals surface area contributed by atoms with Gasteiger partial charge in [-0.15, -0.1) is 33.9 Å². The second-order valence-corrected chi connectivity index (χ2v) is 12.2. The highest BCUT2D eigenvalue weighted by atomic mass is 35.5. The van der Waals surface area contributed by atoms with Crippen molar-refractivity contribution in [2.75, 3.05) is 18.5 Å². The molecule has 0 saturated carbocycles. The zero-order valence-corrected chi connectivity index (χ0v) is 28.2. The van der Waals surface area contributed by atoms with Crippen molar-refractivity contribution in [2.24, 2.45) is 10.7 Å². The Bertz CT molecular complexity index is 1920. The first kappa shape index (κ1) is 35.3. The van der Waals surface area contributed by atoms with E-state index in [0.29, 0.717) is 22.4 Å². The highest BCUT2D eigenvalue weighted by Crippen LogP contribution is 2.39. The summed E-state index contributed by atoms with van der Waals surface area (Å²) in [5, 5.41) is 22.4. The van der Waals surface area contributed by atoms with E-state index in [9.17, 15) is 19.5 Å². The molecule has 2 aromatic heterocycles. The van der Waals surface area contributed by atoms with Crippen LogP contribution in [0.25, 0.3) is 5.00 Å².